The quantitative estimate of drug-likeness (QED) is 0.173. The van der Waals surface area contributed by atoms with Gasteiger partial charge in [0.25, 0.3) is 5.56 Å². The summed E-state index contributed by atoms with van der Waals surface area (Å²) in [4.78, 5) is 18.1. The lowest BCUT2D eigenvalue weighted by Gasteiger charge is -2.15. The van der Waals surface area contributed by atoms with Gasteiger partial charge in [-0.15, -0.1) is 0 Å². The van der Waals surface area contributed by atoms with Gasteiger partial charge in [0.1, 0.15) is 12.4 Å². The van der Waals surface area contributed by atoms with E-state index in [0.29, 0.717) is 45.4 Å². The van der Waals surface area contributed by atoms with Crippen molar-refractivity contribution in [3.63, 3.8) is 0 Å². The Kier molecular flexibility index (Phi) is 9.11. The number of aromatic nitrogens is 2. The predicted molar refractivity (Wildman–Crippen MR) is 160 cm³/mol. The zero-order valence-electron chi connectivity index (χ0n) is 20.3. The van der Waals surface area contributed by atoms with Crippen LogP contribution in [0.5, 0.6) is 11.5 Å². The number of methoxy groups -OCH3 is 1. The molecule has 4 rings (SSSR count). The van der Waals surface area contributed by atoms with Crippen LogP contribution in [-0.4, -0.2) is 23.0 Å². The maximum Gasteiger partial charge on any atom is 0.282 e. The maximum atomic E-state index is 13.4. The minimum Gasteiger partial charge on any atom is -0.493 e. The van der Waals surface area contributed by atoms with Gasteiger partial charge in [0, 0.05) is 24.9 Å². The lowest BCUT2D eigenvalue weighted by Crippen LogP contribution is -2.23. The Morgan fingerprint density at radius 1 is 1.11 bits per heavy atom. The van der Waals surface area contributed by atoms with Crippen molar-refractivity contribution in [3.8, 4) is 11.5 Å². The smallest absolute Gasteiger partial charge is 0.282 e. The van der Waals surface area contributed by atoms with Gasteiger partial charge in [0.15, 0.2) is 11.5 Å². The van der Waals surface area contributed by atoms with Gasteiger partial charge in [0.05, 0.1) is 29.2 Å². The standard InChI is InChI=1S/C27H23Br3ClN3O3/c1-4-15(2)26-33-23-8-7-18(28)11-20(23)27(35)34(26)32-13-16-9-22(31)25(24(10-16)36-3)37-14-17-5-6-19(29)12-21(17)30/h5-13,15H,4,14H2,1-3H3/t15-/m1/s1. The number of fused-ring (bicyclic) bond motifs is 1. The third-order valence-electron chi connectivity index (χ3n) is 5.85. The third-order valence-corrected chi connectivity index (χ3v) is 7.85. The second kappa shape index (κ2) is 12.1. The summed E-state index contributed by atoms with van der Waals surface area (Å²) in [6.07, 6.45) is 2.38. The molecule has 0 spiro atoms. The van der Waals surface area contributed by atoms with Crippen molar-refractivity contribution in [1.29, 1.82) is 0 Å². The van der Waals surface area contributed by atoms with Crippen molar-refractivity contribution in [3.05, 3.63) is 94.3 Å². The summed E-state index contributed by atoms with van der Waals surface area (Å²) < 4.78 is 15.6. The van der Waals surface area contributed by atoms with Crippen LogP contribution in [0.25, 0.3) is 10.9 Å². The Labute approximate surface area is 245 Å². The maximum absolute atomic E-state index is 13.4. The fourth-order valence-corrected chi connectivity index (χ4v) is 5.44. The molecule has 0 amide bonds. The molecule has 1 heterocycles. The van der Waals surface area contributed by atoms with E-state index in [1.54, 1.807) is 31.5 Å². The highest BCUT2D eigenvalue weighted by Crippen LogP contribution is 2.37. The van der Waals surface area contributed by atoms with E-state index in [9.17, 15) is 4.79 Å². The molecule has 0 unspecified atom stereocenters. The summed E-state index contributed by atoms with van der Waals surface area (Å²) in [7, 11) is 1.55. The van der Waals surface area contributed by atoms with Crippen molar-refractivity contribution in [2.75, 3.05) is 7.11 Å². The van der Waals surface area contributed by atoms with E-state index in [2.05, 4.69) is 52.9 Å². The molecule has 1 aromatic heterocycles. The predicted octanol–water partition coefficient (Wildman–Crippen LogP) is 8.32. The first kappa shape index (κ1) is 27.8. The molecule has 192 valence electrons. The molecule has 37 heavy (non-hydrogen) atoms. The molecule has 0 saturated carbocycles. The van der Waals surface area contributed by atoms with Crippen LogP contribution in [0.4, 0.5) is 0 Å². The zero-order valence-corrected chi connectivity index (χ0v) is 25.8. The summed E-state index contributed by atoms with van der Waals surface area (Å²) >= 11 is 17.0. The van der Waals surface area contributed by atoms with Crippen molar-refractivity contribution in [2.45, 2.75) is 32.8 Å². The van der Waals surface area contributed by atoms with E-state index in [0.717, 1.165) is 25.4 Å². The van der Waals surface area contributed by atoms with E-state index in [1.807, 2.05) is 44.2 Å². The van der Waals surface area contributed by atoms with Crippen LogP contribution in [0.3, 0.4) is 0 Å². The van der Waals surface area contributed by atoms with Crippen LogP contribution >= 0.6 is 59.4 Å². The molecule has 6 nitrogen and oxygen atoms in total. The third kappa shape index (κ3) is 6.28. The van der Waals surface area contributed by atoms with Crippen LogP contribution in [-0.2, 0) is 6.61 Å². The molecule has 0 aliphatic carbocycles. The average molecular weight is 713 g/mol. The molecule has 0 saturated heterocycles. The fourth-order valence-electron chi connectivity index (χ4n) is 3.65. The first-order valence-electron chi connectivity index (χ1n) is 11.4. The van der Waals surface area contributed by atoms with E-state index < -0.39 is 0 Å². The number of hydrogen-bond acceptors (Lipinski definition) is 5. The van der Waals surface area contributed by atoms with Gasteiger partial charge in [0.2, 0.25) is 0 Å². The van der Waals surface area contributed by atoms with Crippen LogP contribution in [0.15, 0.2) is 71.8 Å². The lowest BCUT2D eigenvalue weighted by molar-refractivity contribution is 0.284. The molecule has 10 heteroatoms. The summed E-state index contributed by atoms with van der Waals surface area (Å²) in [6.45, 7) is 4.37. The number of halogens is 4. The van der Waals surface area contributed by atoms with Crippen molar-refractivity contribution in [1.82, 2.24) is 9.66 Å². The highest BCUT2D eigenvalue weighted by Gasteiger charge is 2.17. The fraction of sp³-hybridized carbons (Fsp3) is 0.222. The molecule has 0 bridgehead atoms. The Bertz CT molecular complexity index is 1560. The van der Waals surface area contributed by atoms with Crippen LogP contribution in [0, 0.1) is 0 Å². The molecular weight excluding hydrogens is 689 g/mol. The first-order chi connectivity index (χ1) is 17.7. The minimum atomic E-state index is -0.240. The van der Waals surface area contributed by atoms with Gasteiger partial charge in [-0.2, -0.15) is 9.78 Å². The first-order valence-corrected chi connectivity index (χ1v) is 14.2. The molecular formula is C27H23Br3ClN3O3. The summed E-state index contributed by atoms with van der Waals surface area (Å²) in [5.41, 5.74) is 2.00. The van der Waals surface area contributed by atoms with E-state index in [-0.39, 0.29) is 11.5 Å². The Hall–Kier alpha value is -2.20. The number of hydrogen-bond donors (Lipinski definition) is 0. The monoisotopic (exact) mass is 709 g/mol. The number of benzene rings is 3. The van der Waals surface area contributed by atoms with E-state index in [4.69, 9.17) is 26.1 Å². The number of rotatable bonds is 8. The molecule has 0 aliphatic rings. The summed E-state index contributed by atoms with van der Waals surface area (Å²) in [5.74, 6) is 1.50. The molecule has 3 aromatic carbocycles. The average Bonchev–Trinajstić information content (AvgIpc) is 2.87. The molecule has 0 fully saturated rings. The van der Waals surface area contributed by atoms with Gasteiger partial charge in [-0.25, -0.2) is 4.98 Å². The Balaban J connectivity index is 1.69. The Morgan fingerprint density at radius 2 is 1.84 bits per heavy atom. The molecule has 1 atom stereocenters. The topological polar surface area (TPSA) is 65.7 Å². The van der Waals surface area contributed by atoms with Crippen LogP contribution < -0.4 is 15.0 Å². The largest absolute Gasteiger partial charge is 0.493 e. The molecule has 0 aliphatic heterocycles. The zero-order chi connectivity index (χ0) is 26.7. The van der Waals surface area contributed by atoms with E-state index in [1.165, 1.54) is 4.68 Å². The number of nitrogens with zero attached hydrogens (tertiary/aromatic N) is 3. The second-order valence-corrected chi connectivity index (χ2v) is 11.5. The van der Waals surface area contributed by atoms with Crippen molar-refractivity contribution < 1.29 is 9.47 Å². The van der Waals surface area contributed by atoms with Crippen LogP contribution in [0.1, 0.15) is 43.1 Å². The minimum absolute atomic E-state index is 0.0322. The normalized spacial score (nSPS) is 12.3. The van der Waals surface area contributed by atoms with E-state index >= 15 is 0 Å². The lowest BCUT2D eigenvalue weighted by atomic mass is 10.1. The van der Waals surface area contributed by atoms with Crippen molar-refractivity contribution in [2.24, 2.45) is 5.10 Å². The molecule has 0 radical (unpaired) electrons. The Morgan fingerprint density at radius 3 is 2.54 bits per heavy atom. The van der Waals surface area contributed by atoms with Gasteiger partial charge < -0.3 is 9.47 Å². The summed E-state index contributed by atoms with van der Waals surface area (Å²) in [5, 5.41) is 5.37. The summed E-state index contributed by atoms with van der Waals surface area (Å²) in [6, 6.07) is 14.8. The highest BCUT2D eigenvalue weighted by atomic mass is 79.9. The number of ether oxygens (including phenoxy) is 2. The SMILES string of the molecule is CC[C@@H](C)c1nc2ccc(Br)cc2c(=O)n1N=Cc1cc(Cl)c(OCc2ccc(Br)cc2Br)c(OC)c1. The van der Waals surface area contributed by atoms with Crippen LogP contribution in [0.2, 0.25) is 5.02 Å². The van der Waals surface area contributed by atoms with Gasteiger partial charge in [-0.05, 0) is 54.4 Å². The molecule has 4 aromatic rings. The van der Waals surface area contributed by atoms with Gasteiger partial charge in [-0.1, -0.05) is 79.3 Å². The highest BCUT2D eigenvalue weighted by molar-refractivity contribution is 9.11. The van der Waals surface area contributed by atoms with Gasteiger partial charge in [-0.3, -0.25) is 4.79 Å². The molecule has 0 N–H and O–H groups in total. The van der Waals surface area contributed by atoms with Crippen molar-refractivity contribution >= 4 is 76.5 Å². The second-order valence-electron chi connectivity index (χ2n) is 8.36. The van der Waals surface area contributed by atoms with Gasteiger partial charge >= 0.3 is 0 Å².